The third kappa shape index (κ3) is 3.45. The maximum Gasteiger partial charge on any atom is 0.129 e. The Bertz CT molecular complexity index is 849. The molecule has 10 unspecified atom stereocenters. The zero-order valence-corrected chi connectivity index (χ0v) is 19.7. The first kappa shape index (κ1) is 21.0. The highest BCUT2D eigenvalue weighted by molar-refractivity contribution is 8.07. The largest absolute Gasteiger partial charge is 0.197 e. The summed E-state index contributed by atoms with van der Waals surface area (Å²) in [7, 11) is 0. The average molecular weight is 471 g/mol. The minimum absolute atomic E-state index is 0.130. The van der Waals surface area contributed by atoms with Gasteiger partial charge >= 0.3 is 0 Å². The van der Waals surface area contributed by atoms with Crippen LogP contribution in [-0.4, -0.2) is 42.0 Å². The normalized spacial score (nSPS) is 46.5. The van der Waals surface area contributed by atoms with Crippen LogP contribution < -0.4 is 0 Å². The second-order valence-electron chi connectivity index (χ2n) is 8.76. The fourth-order valence-corrected chi connectivity index (χ4v) is 13.5. The average Bonchev–Trinajstić information content (AvgIpc) is 3.55. The molecule has 0 bridgehead atoms. The number of nitrogens with zero attached hydrogens (tertiary/aromatic N) is 4. The lowest BCUT2D eigenvalue weighted by atomic mass is 9.86. The van der Waals surface area contributed by atoms with Crippen molar-refractivity contribution in [1.82, 2.24) is 0 Å². The molecule has 0 spiro atoms. The highest BCUT2D eigenvalue weighted by Crippen LogP contribution is 2.65. The molecule has 0 N–H and O–H groups in total. The van der Waals surface area contributed by atoms with Crippen LogP contribution in [0.1, 0.15) is 38.5 Å². The summed E-state index contributed by atoms with van der Waals surface area (Å²) in [4.78, 5) is 0. The van der Waals surface area contributed by atoms with Crippen LogP contribution in [0, 0.1) is 57.2 Å². The van der Waals surface area contributed by atoms with Gasteiger partial charge in [0.15, 0.2) is 0 Å². The summed E-state index contributed by atoms with van der Waals surface area (Å²) in [6, 6.07) is 9.30. The molecule has 154 valence electrons. The molecule has 4 aliphatic heterocycles. The standard InChI is InChI=1S/C22H22N4S4/c23-7-11(8-24)20-14-5-18(16-3-1-12(9-25)27-16)29-21(14)22-15(20)6-19(30-22)17-4-2-13(10-26)28-17/h12-19,21-22H,1-6H2. The van der Waals surface area contributed by atoms with E-state index in [0.29, 0.717) is 48.9 Å². The Hall–Kier alpha value is -0.900. The Balaban J connectivity index is 1.38. The van der Waals surface area contributed by atoms with Crippen molar-refractivity contribution in [3.8, 4) is 24.3 Å². The fourth-order valence-electron chi connectivity index (χ4n) is 6.04. The summed E-state index contributed by atoms with van der Waals surface area (Å²) in [6.45, 7) is 0. The van der Waals surface area contributed by atoms with E-state index in [0.717, 1.165) is 44.1 Å². The third-order valence-corrected chi connectivity index (χ3v) is 14.6. The topological polar surface area (TPSA) is 95.2 Å². The van der Waals surface area contributed by atoms with Gasteiger partial charge in [0.2, 0.25) is 0 Å². The minimum Gasteiger partial charge on any atom is -0.197 e. The van der Waals surface area contributed by atoms with Crippen LogP contribution in [-0.2, 0) is 0 Å². The molecule has 1 aliphatic carbocycles. The maximum absolute atomic E-state index is 9.69. The van der Waals surface area contributed by atoms with Gasteiger partial charge in [-0.05, 0) is 55.9 Å². The lowest BCUT2D eigenvalue weighted by Gasteiger charge is -2.21. The molecule has 4 heterocycles. The van der Waals surface area contributed by atoms with E-state index in [2.05, 4.69) is 47.8 Å². The van der Waals surface area contributed by atoms with Crippen molar-refractivity contribution in [3.05, 3.63) is 11.1 Å². The Morgan fingerprint density at radius 1 is 0.633 bits per heavy atom. The number of rotatable bonds is 2. The molecule has 0 aromatic rings. The smallest absolute Gasteiger partial charge is 0.129 e. The molecule has 0 amide bonds. The predicted octanol–water partition coefficient (Wildman–Crippen LogP) is 4.90. The van der Waals surface area contributed by atoms with Crippen LogP contribution >= 0.6 is 47.0 Å². The van der Waals surface area contributed by atoms with Crippen LogP contribution in [0.2, 0.25) is 0 Å². The van der Waals surface area contributed by atoms with Crippen molar-refractivity contribution in [2.75, 3.05) is 0 Å². The van der Waals surface area contributed by atoms with Crippen LogP contribution in [0.15, 0.2) is 11.1 Å². The van der Waals surface area contributed by atoms with Crippen molar-refractivity contribution >= 4 is 47.0 Å². The molecule has 30 heavy (non-hydrogen) atoms. The predicted molar refractivity (Wildman–Crippen MR) is 125 cm³/mol. The van der Waals surface area contributed by atoms with Crippen LogP contribution in [0.4, 0.5) is 0 Å². The highest BCUT2D eigenvalue weighted by atomic mass is 32.2. The van der Waals surface area contributed by atoms with Gasteiger partial charge < -0.3 is 0 Å². The second-order valence-corrected chi connectivity index (χ2v) is 14.5. The van der Waals surface area contributed by atoms with Crippen LogP contribution in [0.3, 0.4) is 0 Å². The van der Waals surface area contributed by atoms with Gasteiger partial charge in [-0.2, -0.15) is 44.6 Å². The van der Waals surface area contributed by atoms with Crippen molar-refractivity contribution in [2.45, 2.75) is 80.5 Å². The molecular weight excluding hydrogens is 449 g/mol. The number of thioether (sulfide) groups is 4. The maximum atomic E-state index is 9.69. The van der Waals surface area contributed by atoms with E-state index in [1.807, 2.05) is 23.5 Å². The summed E-state index contributed by atoms with van der Waals surface area (Å²) in [6.07, 6.45) is 6.32. The van der Waals surface area contributed by atoms with Gasteiger partial charge in [0.05, 0.1) is 22.6 Å². The fraction of sp³-hybridized carbons (Fsp3) is 0.727. The van der Waals surface area contributed by atoms with E-state index in [9.17, 15) is 21.0 Å². The van der Waals surface area contributed by atoms with E-state index >= 15 is 0 Å². The Morgan fingerprint density at radius 2 is 1.10 bits per heavy atom. The van der Waals surface area contributed by atoms with Crippen LogP contribution in [0.5, 0.6) is 0 Å². The van der Waals surface area contributed by atoms with Crippen molar-refractivity contribution in [1.29, 1.82) is 21.0 Å². The lowest BCUT2D eigenvalue weighted by Crippen LogP contribution is -2.19. The molecule has 5 rings (SSSR count). The first-order valence-corrected chi connectivity index (χ1v) is 14.4. The first-order chi connectivity index (χ1) is 14.7. The molecule has 1 saturated carbocycles. The van der Waals surface area contributed by atoms with Crippen LogP contribution in [0.25, 0.3) is 0 Å². The van der Waals surface area contributed by atoms with Gasteiger partial charge in [-0.1, -0.05) is 0 Å². The summed E-state index contributed by atoms with van der Waals surface area (Å²) in [5, 5.41) is 41.3. The molecular formula is C22H22N4S4. The monoisotopic (exact) mass is 470 g/mol. The molecule has 5 fully saturated rings. The molecule has 0 aromatic heterocycles. The first-order valence-electron chi connectivity index (χ1n) is 10.6. The molecule has 10 atom stereocenters. The summed E-state index contributed by atoms with van der Waals surface area (Å²) in [5.74, 6) is 0.699. The van der Waals surface area contributed by atoms with Gasteiger partial charge in [0.25, 0.3) is 0 Å². The summed E-state index contributed by atoms with van der Waals surface area (Å²) < 4.78 is 0. The quantitative estimate of drug-likeness (QED) is 0.526. The van der Waals surface area contributed by atoms with Gasteiger partial charge in [-0.25, -0.2) is 0 Å². The van der Waals surface area contributed by atoms with Gasteiger partial charge in [0, 0.05) is 31.5 Å². The lowest BCUT2D eigenvalue weighted by molar-refractivity contribution is 0.560. The Kier molecular flexibility index (Phi) is 5.98. The van der Waals surface area contributed by atoms with E-state index in [1.54, 1.807) is 0 Å². The SMILES string of the molecule is N#CC(C#N)=C1C2CC(C3CCC(C#N)S3)SC2C2SC(C3CCC(C#N)S3)CC12. The van der Waals surface area contributed by atoms with Gasteiger partial charge in [0.1, 0.15) is 17.7 Å². The highest BCUT2D eigenvalue weighted by Gasteiger charge is 2.59. The molecule has 4 saturated heterocycles. The van der Waals surface area contributed by atoms with Gasteiger partial charge in [-0.3, -0.25) is 0 Å². The van der Waals surface area contributed by atoms with E-state index in [-0.39, 0.29) is 10.5 Å². The zero-order valence-electron chi connectivity index (χ0n) is 16.4. The van der Waals surface area contributed by atoms with E-state index < -0.39 is 0 Å². The summed E-state index contributed by atoms with van der Waals surface area (Å²) in [5.41, 5.74) is 1.52. The molecule has 4 nitrogen and oxygen atoms in total. The van der Waals surface area contributed by atoms with Gasteiger partial charge in [-0.15, -0.1) is 23.5 Å². The Morgan fingerprint density at radius 3 is 1.47 bits per heavy atom. The van der Waals surface area contributed by atoms with Crippen molar-refractivity contribution < 1.29 is 0 Å². The van der Waals surface area contributed by atoms with Crippen molar-refractivity contribution in [2.24, 2.45) is 11.8 Å². The number of allylic oxidation sites excluding steroid dienone is 2. The molecule has 0 aromatic carbocycles. The number of fused-ring (bicyclic) bond motifs is 3. The third-order valence-electron chi connectivity index (χ3n) is 7.29. The summed E-state index contributed by atoms with van der Waals surface area (Å²) >= 11 is 7.89. The number of hydrogen-bond donors (Lipinski definition) is 0. The molecule has 5 aliphatic rings. The zero-order chi connectivity index (χ0) is 20.8. The van der Waals surface area contributed by atoms with Crippen molar-refractivity contribution in [3.63, 3.8) is 0 Å². The molecule has 8 heteroatoms. The van der Waals surface area contributed by atoms with E-state index in [4.69, 9.17) is 0 Å². The minimum atomic E-state index is 0.130. The second kappa shape index (κ2) is 8.56. The number of hydrogen-bond acceptors (Lipinski definition) is 8. The van der Waals surface area contributed by atoms with E-state index in [1.165, 1.54) is 0 Å². The number of nitriles is 4. The Labute approximate surface area is 195 Å². The molecule has 0 radical (unpaired) electrons.